The molecular formula is C14H15BrN2O4. The number of aliphatic carboxylic acids is 1. The summed E-state index contributed by atoms with van der Waals surface area (Å²) in [5, 5.41) is 13.6. The highest BCUT2D eigenvalue weighted by atomic mass is 79.9. The van der Waals surface area contributed by atoms with Crippen molar-refractivity contribution in [2.24, 2.45) is 0 Å². The third-order valence-corrected chi connectivity index (χ3v) is 3.26. The highest BCUT2D eigenvalue weighted by molar-refractivity contribution is 9.10. The molecule has 1 unspecified atom stereocenters. The summed E-state index contributed by atoms with van der Waals surface area (Å²) in [5.41, 5.74) is 0.395. The van der Waals surface area contributed by atoms with Gasteiger partial charge >= 0.3 is 5.97 Å². The number of nitrogens with one attached hydrogen (secondary N) is 2. The van der Waals surface area contributed by atoms with Crippen molar-refractivity contribution in [3.63, 3.8) is 0 Å². The monoisotopic (exact) mass is 354 g/mol. The number of hydrogen-bond donors (Lipinski definition) is 3. The Labute approximate surface area is 130 Å². The van der Waals surface area contributed by atoms with Gasteiger partial charge in [0.05, 0.1) is 12.1 Å². The van der Waals surface area contributed by atoms with Crippen LogP contribution in [0.25, 0.3) is 0 Å². The maximum absolute atomic E-state index is 11.9. The fraction of sp³-hybridized carbons (Fsp3) is 0.214. The predicted octanol–water partition coefficient (Wildman–Crippen LogP) is 1.32. The Morgan fingerprint density at radius 3 is 2.57 bits per heavy atom. The van der Waals surface area contributed by atoms with Crippen molar-refractivity contribution < 1.29 is 19.5 Å². The van der Waals surface area contributed by atoms with Crippen molar-refractivity contribution in [2.75, 3.05) is 6.54 Å². The van der Waals surface area contributed by atoms with Crippen molar-refractivity contribution in [3.05, 3.63) is 47.0 Å². The molecule has 1 aromatic rings. The summed E-state index contributed by atoms with van der Waals surface area (Å²) >= 11 is 3.23. The molecule has 6 nitrogen and oxygen atoms in total. The van der Waals surface area contributed by atoms with E-state index in [0.717, 1.165) is 0 Å². The van der Waals surface area contributed by atoms with Crippen LogP contribution in [0.1, 0.15) is 16.8 Å². The molecule has 7 heteroatoms. The minimum atomic E-state index is -1.15. The highest BCUT2D eigenvalue weighted by Gasteiger charge is 2.18. The molecule has 0 bridgehead atoms. The molecular weight excluding hydrogens is 340 g/mol. The summed E-state index contributed by atoms with van der Waals surface area (Å²) in [6, 6.07) is 5.73. The van der Waals surface area contributed by atoms with Crippen LogP contribution in [0.4, 0.5) is 0 Å². The van der Waals surface area contributed by atoms with Crippen LogP contribution in [0.3, 0.4) is 0 Å². The standard InChI is InChI=1S/C14H15BrN2O4/c1-2-5-11(14(20)21)17-12(18)8-16-13(19)9-6-3-4-7-10(9)15/h2-4,6-7,11H,1,5,8H2,(H,16,19)(H,17,18)(H,20,21). The number of halogens is 1. The second-order valence-electron chi connectivity index (χ2n) is 4.15. The molecule has 0 aliphatic rings. The third kappa shape index (κ3) is 5.39. The van der Waals surface area contributed by atoms with E-state index in [-0.39, 0.29) is 13.0 Å². The number of benzene rings is 1. The average Bonchev–Trinajstić information content (AvgIpc) is 2.44. The summed E-state index contributed by atoms with van der Waals surface area (Å²) in [6.07, 6.45) is 1.51. The molecule has 0 spiro atoms. The van der Waals surface area contributed by atoms with E-state index in [9.17, 15) is 14.4 Å². The first-order valence-electron chi connectivity index (χ1n) is 6.11. The first kappa shape index (κ1) is 16.9. The minimum absolute atomic E-state index is 0.110. The third-order valence-electron chi connectivity index (χ3n) is 2.56. The van der Waals surface area contributed by atoms with Crippen molar-refractivity contribution in [1.82, 2.24) is 10.6 Å². The molecule has 0 saturated carbocycles. The largest absolute Gasteiger partial charge is 0.480 e. The molecule has 0 radical (unpaired) electrons. The predicted molar refractivity (Wildman–Crippen MR) is 80.9 cm³/mol. The summed E-state index contributed by atoms with van der Waals surface area (Å²) in [7, 11) is 0. The summed E-state index contributed by atoms with van der Waals surface area (Å²) in [5.74, 6) is -2.15. The Balaban J connectivity index is 2.53. The Bertz CT molecular complexity index is 560. The quantitative estimate of drug-likeness (QED) is 0.643. The van der Waals surface area contributed by atoms with Crippen LogP contribution in [-0.2, 0) is 9.59 Å². The molecule has 0 aliphatic carbocycles. The van der Waals surface area contributed by atoms with Gasteiger partial charge in [0, 0.05) is 4.47 Å². The molecule has 0 fully saturated rings. The molecule has 1 atom stereocenters. The van der Waals surface area contributed by atoms with Gasteiger partial charge in [-0.2, -0.15) is 0 Å². The Kier molecular flexibility index (Phi) is 6.61. The number of hydrogen-bond acceptors (Lipinski definition) is 3. The van der Waals surface area contributed by atoms with Crippen LogP contribution < -0.4 is 10.6 Å². The second kappa shape index (κ2) is 8.21. The minimum Gasteiger partial charge on any atom is -0.480 e. The Morgan fingerprint density at radius 2 is 2.00 bits per heavy atom. The van der Waals surface area contributed by atoms with Gasteiger partial charge in [-0.25, -0.2) is 4.79 Å². The van der Waals surface area contributed by atoms with Gasteiger partial charge in [-0.3, -0.25) is 9.59 Å². The van der Waals surface area contributed by atoms with Gasteiger partial charge in [0.2, 0.25) is 5.91 Å². The molecule has 0 saturated heterocycles. The van der Waals surface area contributed by atoms with Crippen LogP contribution in [0.5, 0.6) is 0 Å². The van der Waals surface area contributed by atoms with Crippen molar-refractivity contribution >= 4 is 33.7 Å². The molecule has 0 aliphatic heterocycles. The lowest BCUT2D eigenvalue weighted by Crippen LogP contribution is -2.45. The van der Waals surface area contributed by atoms with Gasteiger partial charge in [0.1, 0.15) is 6.04 Å². The molecule has 21 heavy (non-hydrogen) atoms. The number of carbonyl (C=O) groups is 3. The van der Waals surface area contributed by atoms with Crippen LogP contribution >= 0.6 is 15.9 Å². The second-order valence-corrected chi connectivity index (χ2v) is 5.00. The van der Waals surface area contributed by atoms with Crippen molar-refractivity contribution in [3.8, 4) is 0 Å². The number of carbonyl (C=O) groups excluding carboxylic acids is 2. The average molecular weight is 355 g/mol. The first-order valence-corrected chi connectivity index (χ1v) is 6.90. The number of amides is 2. The van der Waals surface area contributed by atoms with Crippen molar-refractivity contribution in [1.29, 1.82) is 0 Å². The fourth-order valence-corrected chi connectivity index (χ4v) is 2.00. The van der Waals surface area contributed by atoms with Gasteiger partial charge in [0.25, 0.3) is 5.91 Å². The van der Waals surface area contributed by atoms with E-state index < -0.39 is 23.8 Å². The normalized spacial score (nSPS) is 11.3. The zero-order valence-corrected chi connectivity index (χ0v) is 12.7. The number of carboxylic acids is 1. The number of carboxylic acid groups (broad SMARTS) is 1. The van der Waals surface area contributed by atoms with Gasteiger partial charge in [-0.1, -0.05) is 18.2 Å². The Morgan fingerprint density at radius 1 is 1.33 bits per heavy atom. The van der Waals surface area contributed by atoms with Crippen LogP contribution in [0.2, 0.25) is 0 Å². The molecule has 1 rings (SSSR count). The molecule has 112 valence electrons. The molecule has 0 aromatic heterocycles. The molecule has 2 amide bonds. The lowest BCUT2D eigenvalue weighted by Gasteiger charge is -2.13. The van der Waals surface area contributed by atoms with E-state index in [1.807, 2.05) is 0 Å². The zero-order valence-electron chi connectivity index (χ0n) is 11.1. The Hall–Kier alpha value is -2.15. The number of rotatable bonds is 7. The smallest absolute Gasteiger partial charge is 0.326 e. The van der Waals surface area contributed by atoms with Crippen molar-refractivity contribution in [2.45, 2.75) is 12.5 Å². The van der Waals surface area contributed by atoms with Gasteiger partial charge in [-0.15, -0.1) is 6.58 Å². The van der Waals surface area contributed by atoms with E-state index >= 15 is 0 Å². The van der Waals surface area contributed by atoms with Crippen LogP contribution in [0.15, 0.2) is 41.4 Å². The SMILES string of the molecule is C=CCC(NC(=O)CNC(=O)c1ccccc1Br)C(=O)O. The topological polar surface area (TPSA) is 95.5 Å². The van der Waals surface area contributed by atoms with Gasteiger partial charge in [-0.05, 0) is 34.5 Å². The lowest BCUT2D eigenvalue weighted by molar-refractivity contribution is -0.141. The van der Waals surface area contributed by atoms with Crippen LogP contribution in [0, 0.1) is 0 Å². The first-order chi connectivity index (χ1) is 9.95. The summed E-state index contributed by atoms with van der Waals surface area (Å²) in [4.78, 5) is 34.4. The lowest BCUT2D eigenvalue weighted by atomic mass is 10.2. The molecule has 0 heterocycles. The fourth-order valence-electron chi connectivity index (χ4n) is 1.53. The zero-order chi connectivity index (χ0) is 15.8. The van der Waals surface area contributed by atoms with E-state index in [1.165, 1.54) is 6.08 Å². The summed E-state index contributed by atoms with van der Waals surface area (Å²) in [6.45, 7) is 3.12. The molecule has 1 aromatic carbocycles. The molecule has 3 N–H and O–H groups in total. The summed E-state index contributed by atoms with van der Waals surface area (Å²) < 4.78 is 0.609. The van der Waals surface area contributed by atoms with E-state index in [2.05, 4.69) is 33.1 Å². The van der Waals surface area contributed by atoms with E-state index in [0.29, 0.717) is 10.0 Å². The maximum atomic E-state index is 11.9. The highest BCUT2D eigenvalue weighted by Crippen LogP contribution is 2.15. The van der Waals surface area contributed by atoms with Crippen LogP contribution in [-0.4, -0.2) is 35.5 Å². The maximum Gasteiger partial charge on any atom is 0.326 e. The van der Waals surface area contributed by atoms with E-state index in [1.54, 1.807) is 24.3 Å². The van der Waals surface area contributed by atoms with Gasteiger partial charge in [0.15, 0.2) is 0 Å². The van der Waals surface area contributed by atoms with E-state index in [4.69, 9.17) is 5.11 Å². The van der Waals surface area contributed by atoms with Gasteiger partial charge < -0.3 is 15.7 Å².